The van der Waals surface area contributed by atoms with E-state index in [0.717, 1.165) is 5.56 Å². The molecule has 3 rings (SSSR count). The largest absolute Gasteiger partial charge is 0.357 e. The number of likely N-dealkylation sites (N-methyl/N-ethyl adjacent to an activating group) is 1. The molecule has 0 heterocycles. The van der Waals surface area contributed by atoms with Crippen molar-refractivity contribution in [3.05, 3.63) is 106 Å². The molecule has 3 aromatic rings. The Balaban J connectivity index is 1.96. The molecule has 0 aromatic heterocycles. The molecule has 0 saturated carbocycles. The number of nitrogens with zero attached hydrogens (tertiary/aromatic N) is 2. The first-order valence-corrected chi connectivity index (χ1v) is 9.85. The van der Waals surface area contributed by atoms with Crippen LogP contribution in [0, 0.1) is 10.1 Å². The predicted octanol–water partition coefficient (Wildman–Crippen LogP) is 3.53. The fourth-order valence-corrected chi connectivity index (χ4v) is 3.39. The van der Waals surface area contributed by atoms with Crippen molar-refractivity contribution < 1.29 is 14.5 Å². The second-order valence-electron chi connectivity index (χ2n) is 7.02. The standard InChI is InChI=1S/C24H23N3O4/c1-25-24(29)22(16-19-12-14-21(15-13-19)27(30)31)26(20-10-6-3-7-11-20)23(28)17-18-8-4-2-5-9-18/h2-15,22H,16-17H2,1H3,(H,25,29). The smallest absolute Gasteiger partial charge is 0.269 e. The Bertz CT molecular complexity index is 1040. The van der Waals surface area contributed by atoms with Crippen molar-refractivity contribution in [3.63, 3.8) is 0 Å². The number of nitro groups is 1. The summed E-state index contributed by atoms with van der Waals surface area (Å²) in [7, 11) is 1.52. The maximum atomic E-state index is 13.4. The number of nitrogens with one attached hydrogen (secondary N) is 1. The second kappa shape index (κ2) is 10.2. The van der Waals surface area contributed by atoms with Gasteiger partial charge in [0.05, 0.1) is 11.3 Å². The van der Waals surface area contributed by atoms with Crippen molar-refractivity contribution in [2.24, 2.45) is 0 Å². The first kappa shape index (κ1) is 21.7. The van der Waals surface area contributed by atoms with Gasteiger partial charge >= 0.3 is 0 Å². The molecule has 0 saturated heterocycles. The molecular formula is C24H23N3O4. The maximum absolute atomic E-state index is 13.4. The molecule has 0 aliphatic heterocycles. The first-order valence-electron chi connectivity index (χ1n) is 9.85. The Morgan fingerprint density at radius 3 is 2.03 bits per heavy atom. The van der Waals surface area contributed by atoms with Gasteiger partial charge in [0.25, 0.3) is 5.69 Å². The summed E-state index contributed by atoms with van der Waals surface area (Å²) in [5, 5.41) is 13.6. The van der Waals surface area contributed by atoms with E-state index >= 15 is 0 Å². The molecule has 0 spiro atoms. The lowest BCUT2D eigenvalue weighted by Gasteiger charge is -2.31. The van der Waals surface area contributed by atoms with E-state index in [1.165, 1.54) is 24.1 Å². The fourth-order valence-electron chi connectivity index (χ4n) is 3.39. The summed E-state index contributed by atoms with van der Waals surface area (Å²) in [5.74, 6) is -0.531. The summed E-state index contributed by atoms with van der Waals surface area (Å²) in [6.45, 7) is 0. The average Bonchev–Trinajstić information content (AvgIpc) is 2.80. The lowest BCUT2D eigenvalue weighted by molar-refractivity contribution is -0.384. The summed E-state index contributed by atoms with van der Waals surface area (Å²) in [6.07, 6.45) is 0.358. The highest BCUT2D eigenvalue weighted by atomic mass is 16.6. The molecule has 158 valence electrons. The highest BCUT2D eigenvalue weighted by Crippen LogP contribution is 2.22. The van der Waals surface area contributed by atoms with Crippen molar-refractivity contribution in [1.82, 2.24) is 5.32 Å². The van der Waals surface area contributed by atoms with Gasteiger partial charge in [-0.15, -0.1) is 0 Å². The normalized spacial score (nSPS) is 11.4. The molecule has 0 bridgehead atoms. The first-order chi connectivity index (χ1) is 15.0. The summed E-state index contributed by atoms with van der Waals surface area (Å²) in [6, 6.07) is 23.6. The number of benzene rings is 3. The van der Waals surface area contributed by atoms with Gasteiger partial charge in [0.2, 0.25) is 11.8 Å². The molecular weight excluding hydrogens is 394 g/mol. The Labute approximate surface area is 180 Å². The number of hydrogen-bond acceptors (Lipinski definition) is 4. The van der Waals surface area contributed by atoms with Crippen molar-refractivity contribution in [1.29, 1.82) is 0 Å². The summed E-state index contributed by atoms with van der Waals surface area (Å²) in [5.41, 5.74) is 2.14. The number of nitro benzene ring substituents is 1. The van der Waals surface area contributed by atoms with E-state index in [1.807, 2.05) is 48.5 Å². The van der Waals surface area contributed by atoms with Crippen molar-refractivity contribution in [3.8, 4) is 0 Å². The summed E-state index contributed by atoms with van der Waals surface area (Å²) < 4.78 is 0. The molecule has 0 aliphatic carbocycles. The van der Waals surface area contributed by atoms with Crippen LogP contribution in [0.3, 0.4) is 0 Å². The number of rotatable bonds is 8. The van der Waals surface area contributed by atoms with E-state index in [0.29, 0.717) is 11.3 Å². The third-order valence-corrected chi connectivity index (χ3v) is 4.94. The Kier molecular flexibility index (Phi) is 7.11. The van der Waals surface area contributed by atoms with Crippen LogP contribution >= 0.6 is 0 Å². The SMILES string of the molecule is CNC(=O)C(Cc1ccc([N+](=O)[O-])cc1)N(C(=O)Cc1ccccc1)c1ccccc1. The molecule has 1 N–H and O–H groups in total. The van der Waals surface area contributed by atoms with E-state index in [9.17, 15) is 19.7 Å². The van der Waals surface area contributed by atoms with Gasteiger partial charge in [0, 0.05) is 31.3 Å². The number of para-hydroxylation sites is 1. The maximum Gasteiger partial charge on any atom is 0.269 e. The van der Waals surface area contributed by atoms with Crippen molar-refractivity contribution in [2.45, 2.75) is 18.9 Å². The highest BCUT2D eigenvalue weighted by Gasteiger charge is 2.31. The van der Waals surface area contributed by atoms with E-state index < -0.39 is 11.0 Å². The minimum atomic E-state index is -0.815. The van der Waals surface area contributed by atoms with Crippen LogP contribution in [0.4, 0.5) is 11.4 Å². The van der Waals surface area contributed by atoms with Gasteiger partial charge in [-0.2, -0.15) is 0 Å². The van der Waals surface area contributed by atoms with Crippen LogP contribution in [0.1, 0.15) is 11.1 Å². The van der Waals surface area contributed by atoms with E-state index in [2.05, 4.69) is 5.32 Å². The van der Waals surface area contributed by atoms with Crippen LogP contribution in [0.2, 0.25) is 0 Å². The van der Waals surface area contributed by atoms with Crippen LogP contribution in [0.5, 0.6) is 0 Å². The number of carbonyl (C=O) groups excluding carboxylic acids is 2. The average molecular weight is 417 g/mol. The summed E-state index contributed by atoms with van der Waals surface area (Å²) >= 11 is 0. The van der Waals surface area contributed by atoms with Crippen LogP contribution in [-0.2, 0) is 22.4 Å². The Hall–Kier alpha value is -4.00. The number of amides is 2. The molecule has 7 heteroatoms. The Morgan fingerprint density at radius 2 is 1.48 bits per heavy atom. The Morgan fingerprint density at radius 1 is 0.903 bits per heavy atom. The molecule has 1 atom stereocenters. The zero-order chi connectivity index (χ0) is 22.2. The van der Waals surface area contributed by atoms with Gasteiger partial charge in [0.15, 0.2) is 0 Å². The zero-order valence-electron chi connectivity index (χ0n) is 17.1. The minimum Gasteiger partial charge on any atom is -0.357 e. The molecule has 2 amide bonds. The van der Waals surface area contributed by atoms with Crippen LogP contribution in [0.25, 0.3) is 0 Å². The van der Waals surface area contributed by atoms with Gasteiger partial charge in [0.1, 0.15) is 6.04 Å². The van der Waals surface area contributed by atoms with E-state index in [1.54, 1.807) is 24.3 Å². The molecule has 31 heavy (non-hydrogen) atoms. The van der Waals surface area contributed by atoms with Crippen LogP contribution in [0.15, 0.2) is 84.9 Å². The topological polar surface area (TPSA) is 92.5 Å². The molecule has 7 nitrogen and oxygen atoms in total. The predicted molar refractivity (Wildman–Crippen MR) is 119 cm³/mol. The summed E-state index contributed by atoms with van der Waals surface area (Å²) in [4.78, 5) is 38.2. The quantitative estimate of drug-likeness (QED) is 0.448. The van der Waals surface area contributed by atoms with Gasteiger partial charge in [-0.1, -0.05) is 60.7 Å². The highest BCUT2D eigenvalue weighted by molar-refractivity contribution is 6.01. The minimum absolute atomic E-state index is 0.0275. The van der Waals surface area contributed by atoms with E-state index in [4.69, 9.17) is 0 Å². The molecule has 0 fully saturated rings. The molecule has 1 unspecified atom stereocenters. The number of non-ortho nitro benzene ring substituents is 1. The van der Waals surface area contributed by atoms with Crippen LogP contribution < -0.4 is 10.2 Å². The zero-order valence-corrected chi connectivity index (χ0v) is 17.1. The van der Waals surface area contributed by atoms with Crippen LogP contribution in [-0.4, -0.2) is 29.8 Å². The lowest BCUT2D eigenvalue weighted by Crippen LogP contribution is -2.51. The van der Waals surface area contributed by atoms with Gasteiger partial charge in [-0.05, 0) is 23.3 Å². The third-order valence-electron chi connectivity index (χ3n) is 4.94. The van der Waals surface area contributed by atoms with Gasteiger partial charge in [-0.25, -0.2) is 0 Å². The van der Waals surface area contributed by atoms with E-state index in [-0.39, 0.29) is 30.3 Å². The number of anilines is 1. The second-order valence-corrected chi connectivity index (χ2v) is 7.02. The number of hydrogen-bond donors (Lipinski definition) is 1. The molecule has 0 radical (unpaired) electrons. The van der Waals surface area contributed by atoms with Gasteiger partial charge in [-0.3, -0.25) is 24.6 Å². The van der Waals surface area contributed by atoms with Crippen molar-refractivity contribution in [2.75, 3.05) is 11.9 Å². The molecule has 3 aromatic carbocycles. The third kappa shape index (κ3) is 5.54. The lowest BCUT2D eigenvalue weighted by atomic mass is 10.0. The molecule has 0 aliphatic rings. The number of carbonyl (C=O) groups is 2. The van der Waals surface area contributed by atoms with Gasteiger partial charge < -0.3 is 5.32 Å². The van der Waals surface area contributed by atoms with Crippen molar-refractivity contribution >= 4 is 23.2 Å². The fraction of sp³-hybridized carbons (Fsp3) is 0.167. The monoisotopic (exact) mass is 417 g/mol.